The molecule has 0 aromatic carbocycles. The van der Waals surface area contributed by atoms with Gasteiger partial charge < -0.3 is 211 Å². The van der Waals surface area contributed by atoms with Gasteiger partial charge in [-0.2, -0.15) is 94.1 Å². The van der Waals surface area contributed by atoms with Crippen molar-refractivity contribution >= 4 is 190 Å². The number of hydrogen-bond donors (Lipinski definition) is 0. The SMILES string of the molecule is O=C([O-])CC(SCCCOCC1OC(OC2(COCCCSC(CC(=O)[O-])C(=O)[O-])OC(COCCCSC(CC(=O)[O-])C(=O)[O-])C(OCCCSC(CC(=O)[O-])C(=O)[O-])C2OCCCSC(CC(=O)[O-])C(=O)[O-])C(OCCCSC(CC(=O)[O-])C(=O)[O-])C(OCCCSC(CC(=O)[O-])C(=O)[O-])C1OCCCSC(CC(=O)[O-])C(=O)[O-])C(=O)[O-].[Na+].[Na+].[Na+].[Na+].[Na+].[Na+].[Na+].[Na+].[Na+].[Na+].[Na+].[Na+].[Na+].[Na+].[Na+].[Na+]. The van der Waals surface area contributed by atoms with Crippen molar-refractivity contribution < 1.29 is 683 Å². The second kappa shape index (κ2) is 107. The molecule has 17 unspecified atom stereocenters. The molecule has 0 spiro atoms. The number of hydrogen-bond acceptors (Lipinski definition) is 51. The van der Waals surface area contributed by atoms with Crippen molar-refractivity contribution in [3.05, 3.63) is 0 Å². The summed E-state index contributed by atoms with van der Waals surface area (Å²) in [5.41, 5.74) is 0. The molecule has 135 heavy (non-hydrogen) atoms. The smallest absolute Gasteiger partial charge is 0.550 e. The van der Waals surface area contributed by atoms with Crippen LogP contribution in [0, 0.1) is 0 Å². The molecule has 2 aliphatic rings. The average Bonchev–Trinajstić information content (AvgIpc) is 1.63. The Labute approximate surface area is 1170 Å². The Hall–Kier alpha value is 9.88. The first-order chi connectivity index (χ1) is 56.3. The fraction of sp³-hybridized carbons (Fsp3) is 0.765. The van der Waals surface area contributed by atoms with E-state index in [0.29, 0.717) is 94.1 Å². The Bertz CT molecular complexity index is 3290. The fourth-order valence-electron chi connectivity index (χ4n) is 10.7. The van der Waals surface area contributed by atoms with E-state index in [2.05, 4.69) is 0 Å². The van der Waals surface area contributed by atoms with Crippen LogP contribution in [0.15, 0.2) is 0 Å². The minimum absolute atomic E-state index is 0. The van der Waals surface area contributed by atoms with Gasteiger partial charge in [-0.25, -0.2) is 0 Å². The molecular weight excluding hydrogens is 2130 g/mol. The Morgan fingerprint density at radius 1 is 0.244 bits per heavy atom. The Balaban J connectivity index is -0.000000692. The molecule has 0 aromatic heterocycles. The minimum Gasteiger partial charge on any atom is -0.550 e. The molecule has 17 atom stereocenters. The summed E-state index contributed by atoms with van der Waals surface area (Å²) in [4.78, 5) is 188. The second-order valence-electron chi connectivity index (χ2n) is 25.3. The van der Waals surface area contributed by atoms with Crippen LogP contribution in [0.3, 0.4) is 0 Å². The van der Waals surface area contributed by atoms with Gasteiger partial charge in [0.15, 0.2) is 6.29 Å². The molecule has 0 radical (unpaired) electrons. The van der Waals surface area contributed by atoms with Gasteiger partial charge in [0.25, 0.3) is 0 Å². The van der Waals surface area contributed by atoms with Crippen molar-refractivity contribution in [1.82, 2.24) is 0 Å². The van der Waals surface area contributed by atoms with Gasteiger partial charge in [0.05, 0.1) is 61.0 Å². The Morgan fingerprint density at radius 3 is 0.681 bits per heavy atom. The monoisotopic (exact) mass is 2210 g/mol. The van der Waals surface area contributed by atoms with E-state index in [9.17, 15) is 158 Å². The molecule has 2 saturated heterocycles. The fourth-order valence-corrected chi connectivity index (χ4v) is 18.3. The predicted molar refractivity (Wildman–Crippen MR) is 382 cm³/mol. The first-order valence-corrected chi connectivity index (χ1v) is 44.7. The summed E-state index contributed by atoms with van der Waals surface area (Å²) < 4.78 is 72.4. The maximum absolute atomic E-state index is 12.1. The van der Waals surface area contributed by atoms with Crippen molar-refractivity contribution in [3.8, 4) is 0 Å². The molecule has 2 heterocycles. The van der Waals surface area contributed by atoms with Gasteiger partial charge >= 0.3 is 473 Å². The molecule has 0 N–H and O–H groups in total. The van der Waals surface area contributed by atoms with E-state index >= 15 is 0 Å². The first kappa shape index (κ1) is 178. The number of carbonyl (C=O) groups excluding carboxylic acids is 16. The van der Waals surface area contributed by atoms with E-state index in [1.165, 1.54) is 0 Å². The van der Waals surface area contributed by atoms with Crippen LogP contribution in [0.2, 0.25) is 0 Å². The molecule has 2 fully saturated rings. The molecule has 0 aromatic rings. The van der Waals surface area contributed by atoms with Crippen molar-refractivity contribution in [2.45, 2.75) is 200 Å². The van der Waals surface area contributed by atoms with Crippen LogP contribution in [-0.2, 0) is 129 Å². The van der Waals surface area contributed by atoms with Gasteiger partial charge in [0, 0.05) is 194 Å². The van der Waals surface area contributed by atoms with E-state index in [1.807, 2.05) is 0 Å². The van der Waals surface area contributed by atoms with Crippen LogP contribution in [0.4, 0.5) is 0 Å². The van der Waals surface area contributed by atoms with Crippen molar-refractivity contribution in [1.29, 1.82) is 0 Å². The van der Waals surface area contributed by atoms with Crippen molar-refractivity contribution in [2.75, 3.05) is 119 Å². The van der Waals surface area contributed by atoms with Crippen LogP contribution in [0.25, 0.3) is 0 Å². The maximum atomic E-state index is 12.1. The third kappa shape index (κ3) is 83.8. The van der Waals surface area contributed by atoms with Crippen molar-refractivity contribution in [2.24, 2.45) is 0 Å². The summed E-state index contributed by atoms with van der Waals surface area (Å²) in [6, 6.07) is 0. The zero-order chi connectivity index (χ0) is 89.2. The largest absolute Gasteiger partial charge is 1.00 e. The molecule has 0 saturated carbocycles. The number of carboxylic acid groups (broad SMARTS) is 16. The van der Waals surface area contributed by atoms with E-state index < -0.39 is 303 Å². The van der Waals surface area contributed by atoms with Crippen LogP contribution in [-0.4, -0.2) is 311 Å². The first-order valence-electron chi connectivity index (χ1n) is 36.3. The molecule has 0 aliphatic carbocycles. The van der Waals surface area contributed by atoms with E-state index in [-0.39, 0.29) is 584 Å². The minimum atomic E-state index is -2.67. The van der Waals surface area contributed by atoms with E-state index in [4.69, 9.17) is 52.1 Å². The van der Waals surface area contributed by atoms with Gasteiger partial charge in [-0.15, -0.1) is 0 Å². The van der Waals surface area contributed by atoms with Gasteiger partial charge in [-0.05, 0) is 97.4 Å². The molecule has 0 bridgehead atoms. The van der Waals surface area contributed by atoms with Gasteiger partial charge in [-0.1, -0.05) is 0 Å². The molecule has 680 valence electrons. The summed E-state index contributed by atoms with van der Waals surface area (Å²) in [5.74, 6) is -32.4. The number of rotatable bonds is 77. The summed E-state index contributed by atoms with van der Waals surface area (Å²) in [7, 11) is 0. The Kier molecular flexibility index (Phi) is 141. The summed E-state index contributed by atoms with van der Waals surface area (Å²) in [6.45, 7) is -5.76. The maximum Gasteiger partial charge on any atom is 1.00 e. The van der Waals surface area contributed by atoms with Crippen molar-refractivity contribution in [3.63, 3.8) is 0 Å². The Morgan fingerprint density at radius 2 is 0.444 bits per heavy atom. The number of carbonyl (C=O) groups is 16. The zero-order valence-corrected chi connectivity index (χ0v) is 118. The van der Waals surface area contributed by atoms with Crippen LogP contribution < -0.4 is 555 Å². The molecule has 43 nitrogen and oxygen atoms in total. The summed E-state index contributed by atoms with van der Waals surface area (Å²) in [6.07, 6.45) is -23.1. The second-order valence-corrected chi connectivity index (χ2v) is 35.8. The van der Waals surface area contributed by atoms with Crippen LogP contribution in [0.5, 0.6) is 0 Å². The summed E-state index contributed by atoms with van der Waals surface area (Å²) >= 11 is 4.81. The number of aliphatic carboxylic acids is 16. The van der Waals surface area contributed by atoms with Gasteiger partial charge in [-0.3, -0.25) is 0 Å². The number of carboxylic acids is 16. The third-order valence-electron chi connectivity index (χ3n) is 16.0. The molecule has 2 rings (SSSR count). The third-order valence-corrected chi connectivity index (χ3v) is 26.3. The van der Waals surface area contributed by atoms with Gasteiger partial charge in [0.2, 0.25) is 5.79 Å². The van der Waals surface area contributed by atoms with E-state index in [1.54, 1.807) is 0 Å². The molecule has 67 heteroatoms. The van der Waals surface area contributed by atoms with E-state index in [0.717, 1.165) is 0 Å². The van der Waals surface area contributed by atoms with Gasteiger partial charge in [0.1, 0.15) is 49.3 Å². The number of thioether (sulfide) groups is 8. The number of ether oxygens (including phenoxy) is 11. The summed E-state index contributed by atoms with van der Waals surface area (Å²) in [5, 5.41) is 175. The quantitative estimate of drug-likeness (QED) is 0.0403. The topological polar surface area (TPSA) is 744 Å². The predicted octanol–water partition coefficient (Wildman–Crippen LogP) is -66.1. The molecule has 0 amide bonds. The van der Waals surface area contributed by atoms with Crippen LogP contribution in [0.1, 0.15) is 103 Å². The average molecular weight is 2220 g/mol. The molecular formula is C68H86Na16O43S8. The normalized spacial score (nSPS) is 18.6. The standard InChI is InChI=1S/C68H102O43S8.16Na/c69-46(70)25-38(59(85)86)112-17-1-9-101-33-36-54(104-12-4-20-115-41(62(91)92)28-49(75)76)56(106-14-6-22-117-43(64(95)96)30-51(79)80)57(107-15-7-23-118-44(65(97)98)31-52(81)82)67(109-36)111-68(35-103-11-3-19-114-40(61(89)90)27-48(73)74)58(108-16-8-24-119-45(66(99)100)32-53(83)84)55(105-13-5-21-116-42(63(93)94)29-50(77)78)37(110-68)34-102-10-2-18-113-39(60(87)88)26-47(71)72;;;;;;;;;;;;;;;;/h36-45,54-58,67H,1-35H2,(H,69,70)(H,71,72)(H,73,74)(H,75,76)(H,77,78)(H,79,80)(H,81,82)(H,83,84)(H,85,86)(H,87,88)(H,89,90)(H,91,92)(H,93,94)(H,95,96)(H,97,98)(H,99,100);;;;;;;;;;;;;;;;/q;16*+1/p-16. The zero-order valence-electron chi connectivity index (χ0n) is 79.3. The van der Waals surface area contributed by atoms with Crippen LogP contribution >= 0.6 is 94.1 Å². The molecule has 2 aliphatic heterocycles.